The van der Waals surface area contributed by atoms with Gasteiger partial charge >= 0.3 is 11.9 Å². The molecule has 2 aliphatic rings. The van der Waals surface area contributed by atoms with Crippen LogP contribution >= 0.6 is 0 Å². The van der Waals surface area contributed by atoms with Gasteiger partial charge in [-0.05, 0) is 55.2 Å². The zero-order valence-corrected chi connectivity index (χ0v) is 17.7. The maximum atomic E-state index is 12.2. The number of carbonyl (C=O) groups is 2. The molecule has 0 amide bonds. The third-order valence-corrected chi connectivity index (χ3v) is 5.91. The molecule has 2 rings (SSSR count). The van der Waals surface area contributed by atoms with Crippen LogP contribution in [0.2, 0.25) is 0 Å². The van der Waals surface area contributed by atoms with Gasteiger partial charge in [-0.15, -0.1) is 5.73 Å². The zero-order chi connectivity index (χ0) is 22.3. The monoisotopic (exact) mass is 422 g/mol. The number of carboxylic acids is 1. The van der Waals surface area contributed by atoms with Crippen LogP contribution in [0.1, 0.15) is 58.8 Å². The fourth-order valence-electron chi connectivity index (χ4n) is 4.51. The first-order valence-electron chi connectivity index (χ1n) is 10.8. The number of aliphatic carboxylic acids is 1. The topological polar surface area (TPSA) is 124 Å². The summed E-state index contributed by atoms with van der Waals surface area (Å²) < 4.78 is 5.75. The highest BCUT2D eigenvalue weighted by Gasteiger charge is 2.40. The molecular formula is C23H34O7. The first-order valence-corrected chi connectivity index (χ1v) is 10.8. The molecule has 1 unspecified atom stereocenters. The molecule has 4 N–H and O–H groups in total. The van der Waals surface area contributed by atoms with E-state index in [-0.39, 0.29) is 30.1 Å². The quantitative estimate of drug-likeness (QED) is 0.315. The Bertz CT molecular complexity index is 692. The van der Waals surface area contributed by atoms with Crippen molar-refractivity contribution in [3.05, 3.63) is 29.5 Å². The number of hydrogen-bond donors (Lipinski definition) is 4. The van der Waals surface area contributed by atoms with Crippen LogP contribution < -0.4 is 0 Å². The molecule has 7 heteroatoms. The van der Waals surface area contributed by atoms with Crippen LogP contribution in [0.15, 0.2) is 29.5 Å². The van der Waals surface area contributed by atoms with Crippen LogP contribution in [0.3, 0.4) is 0 Å². The van der Waals surface area contributed by atoms with E-state index in [9.17, 15) is 24.9 Å². The van der Waals surface area contributed by atoms with Gasteiger partial charge in [-0.3, -0.25) is 9.59 Å². The Morgan fingerprint density at radius 3 is 2.70 bits per heavy atom. The Labute approximate surface area is 177 Å². The maximum Gasteiger partial charge on any atom is 0.306 e. The lowest BCUT2D eigenvalue weighted by atomic mass is 9.70. The molecule has 0 spiro atoms. The first kappa shape index (κ1) is 24.4. The largest absolute Gasteiger partial charge is 0.481 e. The van der Waals surface area contributed by atoms with Crippen LogP contribution in [-0.2, 0) is 14.3 Å². The minimum atomic E-state index is -1.10. The Kier molecular flexibility index (Phi) is 9.31. The fraction of sp³-hybridized carbons (Fsp3) is 0.696. The number of ether oxygens (including phenoxy) is 1. The summed E-state index contributed by atoms with van der Waals surface area (Å²) in [5.74, 6) is -1.35. The predicted molar refractivity (Wildman–Crippen MR) is 110 cm³/mol. The second-order valence-electron chi connectivity index (χ2n) is 8.49. The molecule has 0 aromatic carbocycles. The second-order valence-corrected chi connectivity index (χ2v) is 8.49. The van der Waals surface area contributed by atoms with Gasteiger partial charge in [0.15, 0.2) is 0 Å². The lowest BCUT2D eigenvalue weighted by Crippen LogP contribution is -2.40. The van der Waals surface area contributed by atoms with Crippen LogP contribution in [0.25, 0.3) is 0 Å². The van der Waals surface area contributed by atoms with Gasteiger partial charge in [0.1, 0.15) is 6.10 Å². The van der Waals surface area contributed by atoms with Crippen LogP contribution in [0.4, 0.5) is 0 Å². The predicted octanol–water partition coefficient (Wildman–Crippen LogP) is 2.35. The van der Waals surface area contributed by atoms with Gasteiger partial charge in [0.25, 0.3) is 0 Å². The average molecular weight is 423 g/mol. The third-order valence-electron chi connectivity index (χ3n) is 5.91. The Hall–Kier alpha value is -1.92. The Morgan fingerprint density at radius 2 is 2.03 bits per heavy atom. The lowest BCUT2D eigenvalue weighted by molar-refractivity contribution is -0.154. The van der Waals surface area contributed by atoms with Gasteiger partial charge in [0.05, 0.1) is 24.7 Å². The number of carboxylic acid groups (broad SMARTS) is 1. The summed E-state index contributed by atoms with van der Waals surface area (Å²) in [6.45, 7) is 3.96. The minimum absolute atomic E-state index is 0.00246. The molecule has 0 saturated heterocycles. The van der Waals surface area contributed by atoms with Gasteiger partial charge in [0.2, 0.25) is 0 Å². The van der Waals surface area contributed by atoms with E-state index in [1.54, 1.807) is 6.08 Å². The van der Waals surface area contributed by atoms with Crippen LogP contribution in [0.5, 0.6) is 0 Å². The summed E-state index contributed by atoms with van der Waals surface area (Å²) in [4.78, 5) is 22.9. The molecule has 0 aliphatic heterocycles. The van der Waals surface area contributed by atoms with Gasteiger partial charge < -0.3 is 25.2 Å². The van der Waals surface area contributed by atoms with Gasteiger partial charge in [0, 0.05) is 18.8 Å². The molecule has 2 aliphatic carbocycles. The zero-order valence-electron chi connectivity index (χ0n) is 17.7. The smallest absolute Gasteiger partial charge is 0.306 e. The standard InChI is InChI=1S/C23H34O7/c1-3-5-22(29)30-20-12-17(25)10-15-7-4-6-14(2)19(23(15)20)9-8-16(24)11-18(26)13-21(27)28/h6-7,10,14,16-20,23-26H,3,5,8-9,11-13H2,1-2H3,(H,27,28)/t14-,16+,17+,18+,19-,20-,23?/m0/s1. The second kappa shape index (κ2) is 11.5. The highest BCUT2D eigenvalue weighted by molar-refractivity contribution is 5.69. The summed E-state index contributed by atoms with van der Waals surface area (Å²) in [7, 11) is 0. The molecule has 0 radical (unpaired) electrons. The van der Waals surface area contributed by atoms with E-state index >= 15 is 0 Å². The molecular weight excluding hydrogens is 388 g/mol. The van der Waals surface area contributed by atoms with Crippen molar-refractivity contribution in [1.29, 1.82) is 0 Å². The first-order chi connectivity index (χ1) is 14.2. The Morgan fingerprint density at radius 1 is 1.30 bits per heavy atom. The molecule has 7 nitrogen and oxygen atoms in total. The summed E-state index contributed by atoms with van der Waals surface area (Å²) in [6, 6.07) is 0. The summed E-state index contributed by atoms with van der Waals surface area (Å²) >= 11 is 0. The van der Waals surface area contributed by atoms with Gasteiger partial charge in [-0.2, -0.15) is 0 Å². The van der Waals surface area contributed by atoms with Crippen LogP contribution in [-0.4, -0.2) is 56.8 Å². The number of aliphatic hydroxyl groups is 3. The molecule has 0 saturated carbocycles. The third kappa shape index (κ3) is 7.10. The SMILES string of the molecule is CCCC(=O)O[C@H]1C[C@H](O)C=C2C=C=C[C@H](C)[C@H](CC[C@@H](O)C[C@@H](O)CC(=O)O)C21. The molecule has 0 heterocycles. The van der Waals surface area contributed by atoms with Crippen molar-refractivity contribution in [2.45, 2.75) is 83.2 Å². The normalized spacial score (nSPS) is 30.0. The Balaban J connectivity index is 2.12. The number of rotatable bonds is 10. The minimum Gasteiger partial charge on any atom is -0.481 e. The van der Waals surface area contributed by atoms with Crippen LogP contribution in [0, 0.1) is 17.8 Å². The molecule has 30 heavy (non-hydrogen) atoms. The van der Waals surface area contributed by atoms with E-state index in [4.69, 9.17) is 9.84 Å². The van der Waals surface area contributed by atoms with Gasteiger partial charge in [-0.25, -0.2) is 0 Å². The van der Waals surface area contributed by atoms with E-state index in [2.05, 4.69) is 12.7 Å². The van der Waals surface area contributed by atoms with Crippen molar-refractivity contribution in [2.75, 3.05) is 0 Å². The average Bonchev–Trinajstić information content (AvgIpc) is 2.77. The maximum absolute atomic E-state index is 12.2. The van der Waals surface area contributed by atoms with E-state index < -0.39 is 36.8 Å². The van der Waals surface area contributed by atoms with E-state index in [0.29, 0.717) is 32.1 Å². The molecule has 0 aromatic heterocycles. The highest BCUT2D eigenvalue weighted by Crippen LogP contribution is 2.42. The van der Waals surface area contributed by atoms with Crippen molar-refractivity contribution in [3.8, 4) is 0 Å². The molecule has 0 fully saturated rings. The van der Waals surface area contributed by atoms with Crippen molar-refractivity contribution in [1.82, 2.24) is 0 Å². The number of aliphatic hydroxyl groups excluding tert-OH is 3. The molecule has 7 atom stereocenters. The fourth-order valence-corrected chi connectivity index (χ4v) is 4.51. The van der Waals surface area contributed by atoms with Crippen molar-refractivity contribution in [3.63, 3.8) is 0 Å². The summed E-state index contributed by atoms with van der Waals surface area (Å²) in [5.41, 5.74) is 4.03. The van der Waals surface area contributed by atoms with Gasteiger partial charge in [-0.1, -0.05) is 19.9 Å². The summed E-state index contributed by atoms with van der Waals surface area (Å²) in [6.07, 6.45) is 4.46. The van der Waals surface area contributed by atoms with E-state index in [1.165, 1.54) is 0 Å². The van der Waals surface area contributed by atoms with Crippen molar-refractivity contribution < 1.29 is 34.8 Å². The molecule has 168 valence electrons. The van der Waals surface area contributed by atoms with Crippen molar-refractivity contribution in [2.24, 2.45) is 17.8 Å². The number of hydrogen-bond acceptors (Lipinski definition) is 6. The van der Waals surface area contributed by atoms with Crippen molar-refractivity contribution >= 4 is 11.9 Å². The lowest BCUT2D eigenvalue weighted by Gasteiger charge is -2.39. The number of carbonyl (C=O) groups excluding carboxylic acids is 1. The summed E-state index contributed by atoms with van der Waals surface area (Å²) in [5, 5.41) is 39.1. The van der Waals surface area contributed by atoms with E-state index in [1.807, 2.05) is 19.1 Å². The van der Waals surface area contributed by atoms with E-state index in [0.717, 1.165) is 5.57 Å². The number of fused-ring (bicyclic) bond motifs is 1. The molecule has 0 aromatic rings. The highest BCUT2D eigenvalue weighted by atomic mass is 16.5. The molecule has 0 bridgehead atoms. The number of allylic oxidation sites excluding steroid dienone is 1. The number of esters is 1.